The number of hydrogen-bond acceptors (Lipinski definition) is 3. The Morgan fingerprint density at radius 3 is 2.93 bits per heavy atom. The number of nitrogens with zero attached hydrogens (tertiary/aromatic N) is 2. The first-order valence-electron chi connectivity index (χ1n) is 4.75. The monoisotopic (exact) mass is 215 g/mol. The highest BCUT2D eigenvalue weighted by molar-refractivity contribution is 7.84. The number of imidazole rings is 1. The second-order valence-electron chi connectivity index (χ2n) is 3.19. The van der Waals surface area contributed by atoms with E-state index in [2.05, 4.69) is 4.98 Å². The molecule has 0 aliphatic rings. The van der Waals surface area contributed by atoms with Crippen LogP contribution in [0.5, 0.6) is 0 Å². The molecule has 0 amide bonds. The SMILES string of the molecule is Cn1ccnc1CCS(=O)CCCN. The lowest BCUT2D eigenvalue weighted by atomic mass is 10.4. The Morgan fingerprint density at radius 1 is 1.57 bits per heavy atom. The van der Waals surface area contributed by atoms with Crippen molar-refractivity contribution in [1.29, 1.82) is 0 Å². The van der Waals surface area contributed by atoms with Crippen molar-refractivity contribution in [3.05, 3.63) is 18.2 Å². The quantitative estimate of drug-likeness (QED) is 0.730. The average Bonchev–Trinajstić information content (AvgIpc) is 2.58. The van der Waals surface area contributed by atoms with Crippen LogP contribution in [-0.2, 0) is 24.3 Å². The van der Waals surface area contributed by atoms with E-state index in [1.165, 1.54) is 0 Å². The zero-order valence-corrected chi connectivity index (χ0v) is 9.30. The van der Waals surface area contributed by atoms with Crippen LogP contribution >= 0.6 is 0 Å². The second-order valence-corrected chi connectivity index (χ2v) is 4.89. The average molecular weight is 215 g/mol. The fourth-order valence-electron chi connectivity index (χ4n) is 1.19. The lowest BCUT2D eigenvalue weighted by molar-refractivity contribution is 0.678. The fraction of sp³-hybridized carbons (Fsp3) is 0.667. The minimum absolute atomic E-state index is 0.619. The summed E-state index contributed by atoms with van der Waals surface area (Å²) >= 11 is 0. The summed E-state index contributed by atoms with van der Waals surface area (Å²) in [5, 5.41) is 0. The summed E-state index contributed by atoms with van der Waals surface area (Å²) < 4.78 is 13.4. The smallest absolute Gasteiger partial charge is 0.109 e. The summed E-state index contributed by atoms with van der Waals surface area (Å²) in [6.07, 6.45) is 5.28. The molecule has 80 valence electrons. The van der Waals surface area contributed by atoms with Gasteiger partial charge in [-0.25, -0.2) is 4.98 Å². The number of aromatic nitrogens is 2. The lowest BCUT2D eigenvalue weighted by Gasteiger charge is -2.01. The van der Waals surface area contributed by atoms with Gasteiger partial charge in [-0.05, 0) is 13.0 Å². The van der Waals surface area contributed by atoms with Gasteiger partial charge in [-0.15, -0.1) is 0 Å². The van der Waals surface area contributed by atoms with Gasteiger partial charge in [0.05, 0.1) is 0 Å². The molecule has 0 saturated heterocycles. The highest BCUT2D eigenvalue weighted by atomic mass is 32.2. The Kier molecular flexibility index (Phi) is 4.82. The standard InChI is InChI=1S/C9H17N3OS/c1-12-6-5-11-9(12)3-8-14(13)7-2-4-10/h5-6H,2-4,7-8,10H2,1H3. The molecule has 0 spiro atoms. The minimum Gasteiger partial charge on any atom is -0.338 e. The first kappa shape index (κ1) is 11.4. The van der Waals surface area contributed by atoms with Crippen molar-refractivity contribution < 1.29 is 4.21 Å². The van der Waals surface area contributed by atoms with Crippen LogP contribution in [0.4, 0.5) is 0 Å². The molecule has 2 N–H and O–H groups in total. The predicted molar refractivity (Wildman–Crippen MR) is 58.5 cm³/mol. The molecule has 14 heavy (non-hydrogen) atoms. The maximum Gasteiger partial charge on any atom is 0.109 e. The van der Waals surface area contributed by atoms with Crippen molar-refractivity contribution in [2.24, 2.45) is 12.8 Å². The van der Waals surface area contributed by atoms with E-state index in [1.807, 2.05) is 17.8 Å². The normalized spacial score (nSPS) is 13.0. The summed E-state index contributed by atoms with van der Waals surface area (Å²) in [5.74, 6) is 2.39. The van der Waals surface area contributed by atoms with Gasteiger partial charge in [0.15, 0.2) is 0 Å². The molecule has 4 nitrogen and oxygen atoms in total. The molecule has 0 fully saturated rings. The Bertz CT molecular complexity index is 298. The van der Waals surface area contributed by atoms with E-state index >= 15 is 0 Å². The van der Waals surface area contributed by atoms with Crippen LogP contribution in [0.2, 0.25) is 0 Å². The van der Waals surface area contributed by atoms with E-state index in [9.17, 15) is 4.21 Å². The number of nitrogens with two attached hydrogens (primary N) is 1. The van der Waals surface area contributed by atoms with Crippen LogP contribution in [0.25, 0.3) is 0 Å². The molecule has 0 saturated carbocycles. The van der Waals surface area contributed by atoms with Gasteiger partial charge < -0.3 is 10.3 Å². The predicted octanol–water partition coefficient (Wildman–Crippen LogP) is 0.0601. The molecular formula is C9H17N3OS. The maximum absolute atomic E-state index is 11.4. The van der Waals surface area contributed by atoms with E-state index < -0.39 is 10.8 Å². The first-order chi connectivity index (χ1) is 6.74. The lowest BCUT2D eigenvalue weighted by Crippen LogP contribution is -2.11. The highest BCUT2D eigenvalue weighted by Gasteiger charge is 2.03. The number of aryl methyl sites for hydroxylation is 2. The maximum atomic E-state index is 11.4. The third-order valence-corrected chi connectivity index (χ3v) is 3.45. The first-order valence-corrected chi connectivity index (χ1v) is 6.24. The van der Waals surface area contributed by atoms with Gasteiger partial charge in [0.2, 0.25) is 0 Å². The molecule has 0 radical (unpaired) electrons. The second kappa shape index (κ2) is 5.93. The van der Waals surface area contributed by atoms with E-state index in [-0.39, 0.29) is 0 Å². The number of hydrogen-bond donors (Lipinski definition) is 1. The molecule has 1 heterocycles. The van der Waals surface area contributed by atoms with Gasteiger partial charge in [-0.1, -0.05) is 0 Å². The zero-order chi connectivity index (χ0) is 10.4. The molecule has 1 rings (SSSR count). The Morgan fingerprint density at radius 2 is 2.36 bits per heavy atom. The largest absolute Gasteiger partial charge is 0.338 e. The molecule has 1 atom stereocenters. The fourth-order valence-corrected chi connectivity index (χ4v) is 2.29. The van der Waals surface area contributed by atoms with Gasteiger partial charge in [0, 0.05) is 48.2 Å². The van der Waals surface area contributed by atoms with Crippen LogP contribution in [0.15, 0.2) is 12.4 Å². The molecule has 1 unspecified atom stereocenters. The Labute approximate surface area is 87.0 Å². The van der Waals surface area contributed by atoms with Crippen molar-refractivity contribution in [1.82, 2.24) is 9.55 Å². The topological polar surface area (TPSA) is 60.9 Å². The summed E-state index contributed by atoms with van der Waals surface area (Å²) in [4.78, 5) is 4.17. The van der Waals surface area contributed by atoms with Gasteiger partial charge in [-0.3, -0.25) is 4.21 Å². The van der Waals surface area contributed by atoms with Crippen LogP contribution in [-0.4, -0.2) is 31.8 Å². The van der Waals surface area contributed by atoms with Crippen molar-refractivity contribution in [3.8, 4) is 0 Å². The van der Waals surface area contributed by atoms with Crippen LogP contribution in [0.3, 0.4) is 0 Å². The minimum atomic E-state index is -0.746. The van der Waals surface area contributed by atoms with E-state index in [4.69, 9.17) is 5.73 Å². The molecule has 1 aromatic rings. The molecule has 0 bridgehead atoms. The third-order valence-electron chi connectivity index (χ3n) is 2.05. The molecule has 0 aliphatic carbocycles. The van der Waals surface area contributed by atoms with Gasteiger partial charge in [-0.2, -0.15) is 0 Å². The van der Waals surface area contributed by atoms with E-state index in [0.717, 1.165) is 18.7 Å². The van der Waals surface area contributed by atoms with Crippen molar-refractivity contribution in [3.63, 3.8) is 0 Å². The highest BCUT2D eigenvalue weighted by Crippen LogP contribution is 1.97. The summed E-state index contributed by atoms with van der Waals surface area (Å²) in [6, 6.07) is 0. The van der Waals surface area contributed by atoms with Crippen LogP contribution < -0.4 is 5.73 Å². The third kappa shape index (κ3) is 3.59. The molecular weight excluding hydrogens is 198 g/mol. The molecule has 5 heteroatoms. The van der Waals surface area contributed by atoms with Crippen LogP contribution in [0, 0.1) is 0 Å². The summed E-state index contributed by atoms with van der Waals surface area (Å²) in [6.45, 7) is 0.619. The van der Waals surface area contributed by atoms with E-state index in [1.54, 1.807) is 6.20 Å². The number of rotatable bonds is 6. The molecule has 0 aromatic carbocycles. The zero-order valence-electron chi connectivity index (χ0n) is 8.48. The Hall–Kier alpha value is -0.680. The van der Waals surface area contributed by atoms with E-state index in [0.29, 0.717) is 18.1 Å². The van der Waals surface area contributed by atoms with Gasteiger partial charge in [0.1, 0.15) is 5.82 Å². The van der Waals surface area contributed by atoms with Crippen molar-refractivity contribution in [2.45, 2.75) is 12.8 Å². The summed E-state index contributed by atoms with van der Waals surface area (Å²) in [7, 11) is 1.20. The van der Waals surface area contributed by atoms with Crippen molar-refractivity contribution in [2.75, 3.05) is 18.1 Å². The van der Waals surface area contributed by atoms with Crippen molar-refractivity contribution >= 4 is 10.8 Å². The molecule has 0 aliphatic heterocycles. The van der Waals surface area contributed by atoms with Gasteiger partial charge >= 0.3 is 0 Å². The van der Waals surface area contributed by atoms with Crippen LogP contribution in [0.1, 0.15) is 12.2 Å². The van der Waals surface area contributed by atoms with Gasteiger partial charge in [0.25, 0.3) is 0 Å². The molecule has 1 aromatic heterocycles. The summed E-state index contributed by atoms with van der Waals surface area (Å²) in [5.41, 5.74) is 5.34. The Balaban J connectivity index is 2.27.